The lowest BCUT2D eigenvalue weighted by atomic mass is 10.4. The molecule has 0 aliphatic rings. The van der Waals surface area contributed by atoms with Gasteiger partial charge in [-0.3, -0.25) is 0 Å². The first-order valence-corrected chi connectivity index (χ1v) is 6.03. The maximum atomic E-state index is 5.08. The second kappa shape index (κ2) is 7.06. The number of nitrogens with one attached hydrogen (secondary N) is 1. The van der Waals surface area contributed by atoms with Gasteiger partial charge < -0.3 is 15.0 Å². The van der Waals surface area contributed by atoms with E-state index in [1.54, 1.807) is 7.11 Å². The molecule has 1 aromatic heterocycles. The lowest BCUT2D eigenvalue weighted by molar-refractivity contribution is 0.178. The van der Waals surface area contributed by atoms with Gasteiger partial charge in [-0.05, 0) is 13.3 Å². The molecule has 0 aliphatic carbocycles. The van der Waals surface area contributed by atoms with Crippen molar-refractivity contribution in [3.63, 3.8) is 0 Å². The molecule has 0 aliphatic heterocycles. The molecular weight excluding hydrogens is 216 g/mol. The van der Waals surface area contributed by atoms with Gasteiger partial charge in [0.15, 0.2) is 5.82 Å². The van der Waals surface area contributed by atoms with Crippen LogP contribution in [0, 0.1) is 0 Å². The van der Waals surface area contributed by atoms with E-state index in [1.165, 1.54) is 0 Å². The maximum absolute atomic E-state index is 5.08. The largest absolute Gasteiger partial charge is 0.377 e. The van der Waals surface area contributed by atoms with E-state index in [-0.39, 0.29) is 0 Å². The lowest BCUT2D eigenvalue weighted by Gasteiger charge is -2.17. The van der Waals surface area contributed by atoms with Gasteiger partial charge in [0.05, 0.1) is 0 Å². The molecule has 0 saturated carbocycles. The molecule has 1 rings (SSSR count). The molecule has 0 fully saturated rings. The fourth-order valence-electron chi connectivity index (χ4n) is 1.38. The van der Waals surface area contributed by atoms with Crippen molar-refractivity contribution in [3.8, 4) is 0 Å². The molecule has 5 nitrogen and oxygen atoms in total. The van der Waals surface area contributed by atoms with Gasteiger partial charge in [0, 0.05) is 33.3 Å². The van der Waals surface area contributed by atoms with Gasteiger partial charge in [0.25, 0.3) is 0 Å². The number of hydrogen-bond donors (Lipinski definition) is 1. The van der Waals surface area contributed by atoms with Gasteiger partial charge in [-0.15, -0.1) is 0 Å². The SMILES string of the molecule is CCCNc1cc(N(C)CC)nc(COC)n1. The maximum Gasteiger partial charge on any atom is 0.158 e. The standard InChI is InChI=1S/C12H22N4O/c1-5-7-13-10-8-12(16(3)6-2)15-11(14-10)9-17-4/h8H,5-7,9H2,1-4H3,(H,13,14,15). The molecule has 17 heavy (non-hydrogen) atoms. The van der Waals surface area contributed by atoms with Crippen molar-refractivity contribution in [2.75, 3.05) is 37.5 Å². The summed E-state index contributed by atoms with van der Waals surface area (Å²) >= 11 is 0. The van der Waals surface area contributed by atoms with E-state index < -0.39 is 0 Å². The summed E-state index contributed by atoms with van der Waals surface area (Å²) in [7, 11) is 3.67. The van der Waals surface area contributed by atoms with Crippen molar-refractivity contribution in [1.82, 2.24) is 9.97 Å². The third kappa shape index (κ3) is 4.19. The van der Waals surface area contributed by atoms with Crippen molar-refractivity contribution < 1.29 is 4.74 Å². The Bertz CT molecular complexity index is 343. The smallest absolute Gasteiger partial charge is 0.158 e. The summed E-state index contributed by atoms with van der Waals surface area (Å²) in [4.78, 5) is 10.9. The molecule has 0 aromatic carbocycles. The second-order valence-electron chi connectivity index (χ2n) is 3.90. The summed E-state index contributed by atoms with van der Waals surface area (Å²) < 4.78 is 5.08. The van der Waals surface area contributed by atoms with Crippen LogP contribution in [0.2, 0.25) is 0 Å². The fourth-order valence-corrected chi connectivity index (χ4v) is 1.38. The third-order valence-electron chi connectivity index (χ3n) is 2.45. The summed E-state index contributed by atoms with van der Waals surface area (Å²) in [5.74, 6) is 2.50. The van der Waals surface area contributed by atoms with Crippen LogP contribution in [0.4, 0.5) is 11.6 Å². The number of aromatic nitrogens is 2. The minimum absolute atomic E-state index is 0.437. The van der Waals surface area contributed by atoms with Crippen molar-refractivity contribution in [2.24, 2.45) is 0 Å². The normalized spacial score (nSPS) is 10.4. The first kappa shape index (κ1) is 13.7. The van der Waals surface area contributed by atoms with Crippen molar-refractivity contribution in [2.45, 2.75) is 26.9 Å². The molecular formula is C12H22N4O. The second-order valence-corrected chi connectivity index (χ2v) is 3.90. The van der Waals surface area contributed by atoms with Gasteiger partial charge in [-0.1, -0.05) is 6.92 Å². The molecule has 0 unspecified atom stereocenters. The van der Waals surface area contributed by atoms with Crippen molar-refractivity contribution in [1.29, 1.82) is 0 Å². The zero-order valence-electron chi connectivity index (χ0n) is 11.2. The topological polar surface area (TPSA) is 50.3 Å². The first-order chi connectivity index (χ1) is 8.21. The Kier molecular flexibility index (Phi) is 5.69. The molecule has 1 aromatic rings. The molecule has 1 N–H and O–H groups in total. The summed E-state index contributed by atoms with van der Waals surface area (Å²) in [6, 6.07) is 1.97. The first-order valence-electron chi connectivity index (χ1n) is 6.03. The molecule has 0 bridgehead atoms. The van der Waals surface area contributed by atoms with Gasteiger partial charge in [-0.2, -0.15) is 0 Å². The zero-order chi connectivity index (χ0) is 12.7. The highest BCUT2D eigenvalue weighted by atomic mass is 16.5. The number of ether oxygens (including phenoxy) is 1. The molecule has 0 saturated heterocycles. The summed E-state index contributed by atoms with van der Waals surface area (Å²) in [5.41, 5.74) is 0. The van der Waals surface area contributed by atoms with Crippen LogP contribution in [0.3, 0.4) is 0 Å². The predicted molar refractivity (Wildman–Crippen MR) is 70.5 cm³/mol. The number of nitrogens with zero attached hydrogens (tertiary/aromatic N) is 3. The van der Waals surface area contributed by atoms with E-state index >= 15 is 0 Å². The number of anilines is 2. The van der Waals surface area contributed by atoms with Crippen molar-refractivity contribution in [3.05, 3.63) is 11.9 Å². The lowest BCUT2D eigenvalue weighted by Crippen LogP contribution is -2.19. The molecule has 5 heteroatoms. The molecule has 0 spiro atoms. The predicted octanol–water partition coefficient (Wildman–Crippen LogP) is 1.90. The van der Waals surface area contributed by atoms with Gasteiger partial charge in [0.1, 0.15) is 18.2 Å². The molecule has 1 heterocycles. The molecule has 0 radical (unpaired) electrons. The number of methoxy groups -OCH3 is 1. The van der Waals surface area contributed by atoms with Crippen LogP contribution in [-0.2, 0) is 11.3 Å². The molecule has 0 amide bonds. The van der Waals surface area contributed by atoms with Crippen LogP contribution >= 0.6 is 0 Å². The number of rotatable bonds is 7. The highest BCUT2D eigenvalue weighted by molar-refractivity contribution is 5.48. The zero-order valence-corrected chi connectivity index (χ0v) is 11.2. The van der Waals surface area contributed by atoms with E-state index in [2.05, 4.69) is 34.0 Å². The highest BCUT2D eigenvalue weighted by Gasteiger charge is 2.07. The van der Waals surface area contributed by atoms with Crippen LogP contribution in [0.15, 0.2) is 6.07 Å². The van der Waals surface area contributed by atoms with Crippen molar-refractivity contribution >= 4 is 11.6 Å². The average Bonchev–Trinajstić information content (AvgIpc) is 2.35. The van der Waals surface area contributed by atoms with Gasteiger partial charge >= 0.3 is 0 Å². The molecule has 96 valence electrons. The van der Waals surface area contributed by atoms with E-state index in [9.17, 15) is 0 Å². The Morgan fingerprint density at radius 2 is 2.12 bits per heavy atom. The fraction of sp³-hybridized carbons (Fsp3) is 0.667. The quantitative estimate of drug-likeness (QED) is 0.786. The Balaban J connectivity index is 2.91. The summed E-state index contributed by atoms with van der Waals surface area (Å²) in [6.07, 6.45) is 1.07. The van der Waals surface area contributed by atoms with E-state index in [0.717, 1.165) is 31.1 Å². The van der Waals surface area contributed by atoms with Crippen LogP contribution in [0.25, 0.3) is 0 Å². The Morgan fingerprint density at radius 1 is 1.35 bits per heavy atom. The Morgan fingerprint density at radius 3 is 2.71 bits per heavy atom. The van der Waals surface area contributed by atoms with Crippen LogP contribution in [0.5, 0.6) is 0 Å². The Hall–Kier alpha value is -1.36. The van der Waals surface area contributed by atoms with Gasteiger partial charge in [-0.25, -0.2) is 9.97 Å². The van der Waals surface area contributed by atoms with E-state index in [0.29, 0.717) is 12.4 Å². The Labute approximate surface area is 103 Å². The minimum atomic E-state index is 0.437. The molecule has 0 atom stereocenters. The third-order valence-corrected chi connectivity index (χ3v) is 2.45. The highest BCUT2D eigenvalue weighted by Crippen LogP contribution is 2.15. The summed E-state index contributed by atoms with van der Waals surface area (Å²) in [5, 5.41) is 3.28. The van der Waals surface area contributed by atoms with Crippen LogP contribution in [-0.4, -0.2) is 37.2 Å². The van der Waals surface area contributed by atoms with E-state index in [1.807, 2.05) is 13.1 Å². The van der Waals surface area contributed by atoms with Crippen LogP contribution < -0.4 is 10.2 Å². The van der Waals surface area contributed by atoms with E-state index in [4.69, 9.17) is 4.74 Å². The number of hydrogen-bond acceptors (Lipinski definition) is 5. The van der Waals surface area contributed by atoms with Crippen LogP contribution in [0.1, 0.15) is 26.1 Å². The monoisotopic (exact) mass is 238 g/mol. The van der Waals surface area contributed by atoms with Gasteiger partial charge in [0.2, 0.25) is 0 Å². The average molecular weight is 238 g/mol. The summed E-state index contributed by atoms with van der Waals surface area (Å²) in [6.45, 7) is 6.49. The minimum Gasteiger partial charge on any atom is -0.377 e.